The Morgan fingerprint density at radius 3 is 1.93 bits per heavy atom. The minimum Gasteiger partial charge on any atom is -0.456 e. The number of rotatable bonds is 4. The van der Waals surface area contributed by atoms with E-state index in [-0.39, 0.29) is 5.41 Å². The summed E-state index contributed by atoms with van der Waals surface area (Å²) in [7, 11) is 0. The first kappa shape index (κ1) is 33.0. The van der Waals surface area contributed by atoms with E-state index < -0.39 is 11.3 Å². The molecule has 0 N–H and O–H groups in total. The second kappa shape index (κ2) is 12.1. The third-order valence-corrected chi connectivity index (χ3v) is 11.7. The second-order valence-electron chi connectivity index (χ2n) is 15.3. The zero-order valence-electron chi connectivity index (χ0n) is 31.2. The number of fused-ring (bicyclic) bond motifs is 9. The molecule has 0 atom stereocenters. The highest BCUT2D eigenvalue weighted by molar-refractivity contribution is 6.08. The zero-order valence-corrected chi connectivity index (χ0v) is 31.2. The van der Waals surface area contributed by atoms with Crippen LogP contribution >= 0.6 is 0 Å². The van der Waals surface area contributed by atoms with Gasteiger partial charge < -0.3 is 13.3 Å². The van der Waals surface area contributed by atoms with Crippen molar-refractivity contribution in [2.75, 3.05) is 0 Å². The van der Waals surface area contributed by atoms with Crippen LogP contribution in [0.25, 0.3) is 99.8 Å². The average molecular weight is 741 g/mol. The number of nitrogens with zero attached hydrogens (tertiary/aromatic N) is 2. The van der Waals surface area contributed by atoms with E-state index in [1.807, 2.05) is 91.9 Å². The van der Waals surface area contributed by atoms with Crippen LogP contribution in [0.15, 0.2) is 163 Å². The van der Waals surface area contributed by atoms with Crippen molar-refractivity contribution in [1.82, 2.24) is 9.97 Å². The van der Waals surface area contributed by atoms with Gasteiger partial charge >= 0.3 is 11.3 Å². The lowest BCUT2D eigenvalue weighted by molar-refractivity contribution is 0.550. The molecule has 4 aromatic heterocycles. The topological polar surface area (TPSA) is 99.3 Å². The van der Waals surface area contributed by atoms with Crippen molar-refractivity contribution in [2.45, 2.75) is 26.2 Å². The molecule has 7 nitrogen and oxygen atoms in total. The van der Waals surface area contributed by atoms with Gasteiger partial charge in [-0.1, -0.05) is 105 Å². The molecule has 0 radical (unpaired) electrons. The molecule has 7 heteroatoms. The summed E-state index contributed by atoms with van der Waals surface area (Å²) in [5, 5.41) is 5.72. The molecule has 4 heterocycles. The lowest BCUT2D eigenvalue weighted by atomic mass is 9.82. The molecule has 0 spiro atoms. The molecule has 10 aromatic rings. The van der Waals surface area contributed by atoms with Gasteiger partial charge in [0.05, 0.1) is 29.3 Å². The van der Waals surface area contributed by atoms with Gasteiger partial charge in [-0.2, -0.15) is 0 Å². The van der Waals surface area contributed by atoms with Gasteiger partial charge in [0.2, 0.25) is 0 Å². The standard InChI is InChI=1S/C50H32N2O5/c1-27-45-33-10-6-4-8-28(33)16-19-43(45)56-49(54)46(27)44-21-20-42(55-44)31-15-18-39-36(23-31)35-22-30(14-17-38(35)50(39,2)3)40-25-52-41(26-51-40)37-24-32-13-12-29-9-5-7-11-34(29)47(32)57-48(37)53/h4-26H,1-3H3. The van der Waals surface area contributed by atoms with Gasteiger partial charge in [-0.05, 0) is 87.3 Å². The molecule has 0 saturated carbocycles. The second-order valence-corrected chi connectivity index (χ2v) is 15.3. The Kier molecular flexibility index (Phi) is 6.98. The van der Waals surface area contributed by atoms with E-state index in [4.69, 9.17) is 18.2 Å². The van der Waals surface area contributed by atoms with E-state index in [9.17, 15) is 9.59 Å². The molecule has 0 fully saturated rings. The van der Waals surface area contributed by atoms with Gasteiger partial charge in [-0.3, -0.25) is 9.97 Å². The number of furan rings is 1. The SMILES string of the molecule is Cc1c(-c2ccc(-c3ccc4c(c3)-c3cc(-c5cnc(-c6cc7ccc8ccccc8c7oc6=O)cn5)ccc3C4(C)C)o2)c(=O)oc2ccc3ccccc3c12. The zero-order chi connectivity index (χ0) is 38.6. The monoisotopic (exact) mass is 740 g/mol. The van der Waals surface area contributed by atoms with Crippen molar-refractivity contribution in [3.63, 3.8) is 0 Å². The van der Waals surface area contributed by atoms with Crippen molar-refractivity contribution < 1.29 is 13.3 Å². The van der Waals surface area contributed by atoms with Crippen LogP contribution in [0.2, 0.25) is 0 Å². The van der Waals surface area contributed by atoms with E-state index in [2.05, 4.69) is 61.3 Å². The van der Waals surface area contributed by atoms with Gasteiger partial charge in [0, 0.05) is 32.7 Å². The molecule has 0 amide bonds. The normalized spacial score (nSPS) is 13.1. The molecular weight excluding hydrogens is 709 g/mol. The summed E-state index contributed by atoms with van der Waals surface area (Å²) in [6.45, 7) is 6.43. The number of hydrogen-bond acceptors (Lipinski definition) is 7. The maximum absolute atomic E-state index is 13.4. The largest absolute Gasteiger partial charge is 0.456 e. The highest BCUT2D eigenvalue weighted by atomic mass is 16.4. The van der Waals surface area contributed by atoms with Crippen LogP contribution in [0.5, 0.6) is 0 Å². The molecule has 1 aliphatic carbocycles. The molecule has 0 saturated heterocycles. The van der Waals surface area contributed by atoms with Crippen molar-refractivity contribution in [3.8, 4) is 56.3 Å². The van der Waals surface area contributed by atoms with Crippen LogP contribution in [-0.4, -0.2) is 9.97 Å². The number of aromatic nitrogens is 2. The predicted octanol–water partition coefficient (Wildman–Crippen LogP) is 11.9. The molecule has 11 rings (SSSR count). The average Bonchev–Trinajstić information content (AvgIpc) is 3.80. The summed E-state index contributed by atoms with van der Waals surface area (Å²) in [4.78, 5) is 36.0. The Hall–Kier alpha value is -7.38. The summed E-state index contributed by atoms with van der Waals surface area (Å²) in [5.74, 6) is 1.12. The first-order chi connectivity index (χ1) is 27.7. The first-order valence-electron chi connectivity index (χ1n) is 18.9. The fourth-order valence-corrected chi connectivity index (χ4v) is 8.79. The lowest BCUT2D eigenvalue weighted by Crippen LogP contribution is -2.14. The van der Waals surface area contributed by atoms with Crippen molar-refractivity contribution in [2.24, 2.45) is 0 Å². The van der Waals surface area contributed by atoms with Crippen molar-refractivity contribution in [3.05, 3.63) is 177 Å². The number of aryl methyl sites for hydroxylation is 1. The Morgan fingerprint density at radius 1 is 0.526 bits per heavy atom. The Labute approximate surface area is 325 Å². The summed E-state index contributed by atoms with van der Waals surface area (Å²) in [6.07, 6.45) is 3.34. The predicted molar refractivity (Wildman–Crippen MR) is 225 cm³/mol. The Morgan fingerprint density at radius 2 is 1.16 bits per heavy atom. The minimum absolute atomic E-state index is 0.231. The first-order valence-corrected chi connectivity index (χ1v) is 18.9. The van der Waals surface area contributed by atoms with E-state index in [1.54, 1.807) is 12.4 Å². The van der Waals surface area contributed by atoms with Crippen molar-refractivity contribution in [1.29, 1.82) is 0 Å². The fourth-order valence-electron chi connectivity index (χ4n) is 8.79. The summed E-state index contributed by atoms with van der Waals surface area (Å²) in [5.41, 5.74) is 9.16. The number of hydrogen-bond donors (Lipinski definition) is 0. The van der Waals surface area contributed by atoms with Gasteiger partial charge in [0.25, 0.3) is 0 Å². The van der Waals surface area contributed by atoms with Gasteiger partial charge in [0.1, 0.15) is 28.2 Å². The van der Waals surface area contributed by atoms with E-state index in [1.165, 1.54) is 11.1 Å². The Bertz CT molecular complexity index is 3440. The lowest BCUT2D eigenvalue weighted by Gasteiger charge is -2.21. The smallest absolute Gasteiger partial charge is 0.347 e. The third-order valence-electron chi connectivity index (χ3n) is 11.7. The molecule has 0 aliphatic heterocycles. The number of benzene rings is 6. The van der Waals surface area contributed by atoms with Gasteiger partial charge in [-0.25, -0.2) is 9.59 Å². The molecule has 0 bridgehead atoms. The summed E-state index contributed by atoms with van der Waals surface area (Å²) < 4.78 is 18.1. The molecule has 57 heavy (non-hydrogen) atoms. The summed E-state index contributed by atoms with van der Waals surface area (Å²) in [6, 6.07) is 42.1. The van der Waals surface area contributed by atoms with Crippen LogP contribution in [0.1, 0.15) is 30.5 Å². The van der Waals surface area contributed by atoms with E-state index in [0.29, 0.717) is 45.2 Å². The highest BCUT2D eigenvalue weighted by Gasteiger charge is 2.36. The van der Waals surface area contributed by atoms with Crippen LogP contribution < -0.4 is 11.3 Å². The van der Waals surface area contributed by atoms with Crippen LogP contribution in [0.4, 0.5) is 0 Å². The minimum atomic E-state index is -0.457. The molecule has 1 aliphatic rings. The molecule has 0 unspecified atom stereocenters. The van der Waals surface area contributed by atoms with E-state index >= 15 is 0 Å². The quantitative estimate of drug-likeness (QED) is 0.131. The van der Waals surface area contributed by atoms with Crippen LogP contribution in [0, 0.1) is 6.92 Å². The summed E-state index contributed by atoms with van der Waals surface area (Å²) >= 11 is 0. The third kappa shape index (κ3) is 4.98. The van der Waals surface area contributed by atoms with Crippen LogP contribution in [-0.2, 0) is 5.41 Å². The maximum Gasteiger partial charge on any atom is 0.347 e. The van der Waals surface area contributed by atoms with E-state index in [0.717, 1.165) is 60.1 Å². The molecule has 272 valence electrons. The Balaban J connectivity index is 0.944. The highest BCUT2D eigenvalue weighted by Crippen LogP contribution is 2.51. The van der Waals surface area contributed by atoms with Crippen molar-refractivity contribution >= 4 is 43.5 Å². The molecule has 6 aromatic carbocycles. The van der Waals surface area contributed by atoms with Crippen LogP contribution in [0.3, 0.4) is 0 Å². The van der Waals surface area contributed by atoms with Gasteiger partial charge in [-0.15, -0.1) is 0 Å². The fraction of sp³-hybridized carbons (Fsp3) is 0.0800. The van der Waals surface area contributed by atoms with Gasteiger partial charge in [0.15, 0.2) is 0 Å². The molecular formula is C50H32N2O5. The maximum atomic E-state index is 13.4.